The molecule has 22 fully saturated rings. The molecule has 125 heavy (non-hydrogen) atoms. The summed E-state index contributed by atoms with van der Waals surface area (Å²) in [6.07, 6.45) is 120. The van der Waals surface area contributed by atoms with Gasteiger partial charge in [-0.15, -0.1) is 0 Å². The minimum Gasteiger partial charge on any atom is -0.0656 e. The van der Waals surface area contributed by atoms with Crippen LogP contribution in [0.1, 0.15) is 577 Å². The van der Waals surface area contributed by atoms with Gasteiger partial charge in [0.25, 0.3) is 0 Å². The molecular formula is C125H226. The first-order valence-corrected chi connectivity index (χ1v) is 61.5. The lowest BCUT2D eigenvalue weighted by atomic mass is 9.70. The lowest BCUT2D eigenvalue weighted by Crippen LogP contribution is -2.26. The molecule has 22 aliphatic carbocycles. The Kier molecular flexibility index (Phi) is 44.9. The van der Waals surface area contributed by atoms with Gasteiger partial charge in [-0.2, -0.15) is 0 Å². The molecule has 0 N–H and O–H groups in total. The Morgan fingerprint density at radius 2 is 0.376 bits per heavy atom. The lowest BCUT2D eigenvalue weighted by molar-refractivity contribution is 0.145. The van der Waals surface area contributed by atoms with Gasteiger partial charge in [-0.25, -0.2) is 0 Å². The molecule has 22 saturated carbocycles. The summed E-state index contributed by atoms with van der Waals surface area (Å²) in [7, 11) is 0. The highest BCUT2D eigenvalue weighted by molar-refractivity contribution is 5.06. The van der Waals surface area contributed by atoms with Crippen LogP contribution in [0.4, 0.5) is 0 Å². The molecule has 0 radical (unpaired) electrons. The second-order valence-electron chi connectivity index (χ2n) is 51.5. The summed E-state index contributed by atoms with van der Waals surface area (Å²) in [5.74, 6) is 41.2. The Bertz CT molecular complexity index is 2600. The molecule has 0 amide bonds. The van der Waals surface area contributed by atoms with Crippen molar-refractivity contribution in [1.29, 1.82) is 0 Å². The molecule has 0 aliphatic heterocycles. The van der Waals surface area contributed by atoms with Gasteiger partial charge < -0.3 is 0 Å². The first kappa shape index (κ1) is 102. The van der Waals surface area contributed by atoms with Crippen molar-refractivity contribution in [3.63, 3.8) is 0 Å². The third-order valence-corrected chi connectivity index (χ3v) is 43.8. The molecule has 30 atom stereocenters. The third-order valence-electron chi connectivity index (χ3n) is 43.8. The van der Waals surface area contributed by atoms with E-state index < -0.39 is 0 Å². The van der Waals surface area contributed by atoms with Gasteiger partial charge in [-0.3, -0.25) is 0 Å². The topological polar surface area (TPSA) is 0 Å². The summed E-state index contributed by atoms with van der Waals surface area (Å²) in [6, 6.07) is 0. The molecule has 0 bridgehead atoms. The minimum absolute atomic E-state index is 1.03. The zero-order valence-corrected chi connectivity index (χ0v) is 87.2. The zero-order chi connectivity index (χ0) is 87.2. The predicted octanol–water partition coefficient (Wildman–Crippen LogP) is 40.6. The highest BCUT2D eigenvalue weighted by Gasteiger charge is 2.56. The van der Waals surface area contributed by atoms with Crippen LogP contribution >= 0.6 is 0 Å². The van der Waals surface area contributed by atoms with E-state index in [0.29, 0.717) is 0 Å². The molecule has 0 aromatic heterocycles. The van der Waals surface area contributed by atoms with Crippen LogP contribution in [0, 0.1) is 213 Å². The number of hydrogen-bond acceptors (Lipinski definition) is 0. The van der Waals surface area contributed by atoms with Crippen molar-refractivity contribution in [3.8, 4) is 0 Å². The Labute approximate surface area is 785 Å². The van der Waals surface area contributed by atoms with E-state index in [1.165, 1.54) is 118 Å². The van der Waals surface area contributed by atoms with Crippen LogP contribution in [0.3, 0.4) is 0 Å². The van der Waals surface area contributed by atoms with Gasteiger partial charge in [-0.05, 0) is 438 Å². The van der Waals surface area contributed by atoms with Crippen molar-refractivity contribution < 1.29 is 0 Å². The van der Waals surface area contributed by atoms with E-state index in [4.69, 9.17) is 0 Å². The van der Waals surface area contributed by atoms with E-state index in [2.05, 4.69) is 83.1 Å². The zero-order valence-electron chi connectivity index (χ0n) is 87.2. The summed E-state index contributed by atoms with van der Waals surface area (Å²) in [5.41, 5.74) is 0. The van der Waals surface area contributed by atoms with Gasteiger partial charge in [0.05, 0.1) is 0 Å². The maximum Gasteiger partial charge on any atom is -0.0349 e. The Hall–Kier alpha value is 0. The van der Waals surface area contributed by atoms with Gasteiger partial charge in [0.2, 0.25) is 0 Å². The van der Waals surface area contributed by atoms with Crippen molar-refractivity contribution in [3.05, 3.63) is 0 Å². The summed E-state index contributed by atoms with van der Waals surface area (Å²) in [4.78, 5) is 0. The summed E-state index contributed by atoms with van der Waals surface area (Å²) in [5, 5.41) is 0. The maximum absolute atomic E-state index is 2.64. The summed E-state index contributed by atoms with van der Waals surface area (Å²) in [6.45, 7) is 26.5. The number of rotatable bonds is 15. The molecule has 22 rings (SSSR count). The predicted molar refractivity (Wildman–Crippen MR) is 549 cm³/mol. The van der Waals surface area contributed by atoms with E-state index >= 15 is 0 Å². The van der Waals surface area contributed by atoms with Gasteiger partial charge in [0.15, 0.2) is 0 Å². The highest BCUT2D eigenvalue weighted by atomic mass is 14.6. The fourth-order valence-electron chi connectivity index (χ4n) is 39.3. The van der Waals surface area contributed by atoms with Crippen LogP contribution in [0.5, 0.6) is 0 Å². The van der Waals surface area contributed by atoms with Crippen LogP contribution < -0.4 is 0 Å². The largest absolute Gasteiger partial charge is 0.0656 e. The van der Waals surface area contributed by atoms with Crippen molar-refractivity contribution in [2.75, 3.05) is 0 Å². The van der Waals surface area contributed by atoms with Gasteiger partial charge in [-0.1, -0.05) is 353 Å². The third kappa shape index (κ3) is 27.1. The highest BCUT2D eigenvalue weighted by Crippen LogP contribution is 2.65. The van der Waals surface area contributed by atoms with Crippen molar-refractivity contribution in [2.24, 2.45) is 213 Å². The van der Waals surface area contributed by atoms with Gasteiger partial charge >= 0.3 is 0 Å². The monoisotopic (exact) mass is 1730 g/mol. The van der Waals surface area contributed by atoms with Crippen molar-refractivity contribution >= 4 is 0 Å². The summed E-state index contributed by atoms with van der Waals surface area (Å²) < 4.78 is 0. The number of fused-ring (bicyclic) bond motifs is 16. The van der Waals surface area contributed by atoms with E-state index in [-0.39, 0.29) is 0 Å². The van der Waals surface area contributed by atoms with Crippen LogP contribution in [0.15, 0.2) is 0 Å². The van der Waals surface area contributed by atoms with Crippen LogP contribution in [-0.4, -0.2) is 0 Å². The molecule has 0 spiro atoms. The molecule has 0 aromatic carbocycles. The normalized spacial score (nSPS) is 43.2. The Balaban J connectivity index is 0.000000129. The number of hydrogen-bond donors (Lipinski definition) is 0. The molecule has 0 heterocycles. The molecule has 726 valence electrons. The second kappa shape index (κ2) is 54.8. The van der Waals surface area contributed by atoms with E-state index in [9.17, 15) is 0 Å². The molecule has 30 unspecified atom stereocenters. The second-order valence-corrected chi connectivity index (χ2v) is 51.5. The van der Waals surface area contributed by atoms with Gasteiger partial charge in [0, 0.05) is 0 Å². The molecule has 0 saturated heterocycles. The summed E-state index contributed by atoms with van der Waals surface area (Å²) >= 11 is 0. The molecule has 0 heteroatoms. The van der Waals surface area contributed by atoms with Gasteiger partial charge in [0.1, 0.15) is 0 Å². The molecule has 0 aromatic rings. The fourth-order valence-corrected chi connectivity index (χ4v) is 39.3. The quantitative estimate of drug-likeness (QED) is 0.153. The first-order valence-electron chi connectivity index (χ1n) is 61.5. The smallest absolute Gasteiger partial charge is 0.0349 e. The average molecular weight is 1730 g/mol. The lowest BCUT2D eigenvalue weighted by Gasteiger charge is -2.35. The maximum atomic E-state index is 2.64. The molecular weight excluding hydrogens is 1500 g/mol. The first-order chi connectivity index (χ1) is 61.5. The molecule has 22 aliphatic rings. The fraction of sp³-hybridized carbons (Fsp3) is 1.00. The van der Waals surface area contributed by atoms with Crippen molar-refractivity contribution in [1.82, 2.24) is 0 Å². The Morgan fingerprint density at radius 1 is 0.160 bits per heavy atom. The minimum atomic E-state index is 1.03. The SMILES string of the molecule is C1CCC(CCC2C3CCCCC3C3CCCCC32)C1.C1CCC2C(C1)CCC2CCC1C2CCCCC2C2CCCCC21.C1CCC2C(C1)CCC2CCC1C2CCCCC2C2CCCCC21.CC(CC1C2CCCCC2C2CCCCC21)C1CCCC1.CC(CC1CCC2CCCCC21)C1CCC2CCCCC21.CCC.CCC.CCC.CCC.CCC. The van der Waals surface area contributed by atoms with Crippen LogP contribution in [-0.2, 0) is 0 Å². The van der Waals surface area contributed by atoms with E-state index in [1.54, 1.807) is 424 Å². The molecule has 0 nitrogen and oxygen atoms in total. The van der Waals surface area contributed by atoms with E-state index in [1.807, 2.05) is 0 Å². The van der Waals surface area contributed by atoms with Crippen LogP contribution in [0.2, 0.25) is 0 Å². The Morgan fingerprint density at radius 3 is 0.688 bits per heavy atom. The van der Waals surface area contributed by atoms with E-state index in [0.717, 1.165) is 166 Å². The average Bonchev–Trinajstić information content (AvgIpc) is 1.62. The standard InChI is InChI=1S/2C24H40.2C21H36.C20H34.5C3H8/c2*1-2-8-19-17(7-1)13-14-18(19)15-16-24-22-11-5-3-9-20(22)21-10-4-6-12-23(21)24;1-15(19-13-12-17-7-3-5-9-21(17)19)14-18-11-10-16-6-2-4-8-20(16)18;1-15(16-8-2-3-9-16)14-21-19-12-6-4-10-17(19)18-11-5-7-13-20(18)21;1-2-8-15(7-1)13-14-20-18-11-5-3-9-16(18)17-10-4-6-12-19(17)20;5*1-3-2/h2*17-24H,1-16H2;2*15-21H,2-14H2,1H3;15-20H,1-14H2;5*3H2,1-2H3. The van der Waals surface area contributed by atoms with Crippen LogP contribution in [0.25, 0.3) is 0 Å². The van der Waals surface area contributed by atoms with Crippen molar-refractivity contribution in [2.45, 2.75) is 577 Å².